The Morgan fingerprint density at radius 1 is 1.45 bits per heavy atom. The van der Waals surface area contributed by atoms with E-state index in [4.69, 9.17) is 10.5 Å². The lowest BCUT2D eigenvalue weighted by Crippen LogP contribution is -2.18. The highest BCUT2D eigenvalue weighted by Gasteiger charge is 2.25. The van der Waals surface area contributed by atoms with E-state index in [0.717, 1.165) is 5.56 Å². The Bertz CT molecular complexity index is 580. The van der Waals surface area contributed by atoms with Gasteiger partial charge in [0.2, 0.25) is 0 Å². The van der Waals surface area contributed by atoms with Crippen molar-refractivity contribution in [1.29, 1.82) is 0 Å². The molecule has 0 saturated carbocycles. The van der Waals surface area contributed by atoms with Crippen LogP contribution in [0.1, 0.15) is 24.1 Å². The molecule has 1 heterocycles. The maximum Gasteiger partial charge on any atom is 0.315 e. The van der Waals surface area contributed by atoms with Gasteiger partial charge in [0.05, 0.1) is 12.3 Å². The summed E-state index contributed by atoms with van der Waals surface area (Å²) in [6.07, 6.45) is 0.461. The molecule has 2 rings (SSSR count). The van der Waals surface area contributed by atoms with Gasteiger partial charge >= 0.3 is 5.97 Å². The van der Waals surface area contributed by atoms with Crippen molar-refractivity contribution in [2.45, 2.75) is 19.3 Å². The minimum Gasteiger partial charge on any atom is -0.508 e. The van der Waals surface area contributed by atoms with Crippen LogP contribution in [0.25, 0.3) is 0 Å². The molecule has 3 N–H and O–H groups in total. The third kappa shape index (κ3) is 3.48. The minimum atomic E-state index is -0.479. The Labute approximate surface area is 121 Å². The molecule has 0 aliphatic carbocycles. The van der Waals surface area contributed by atoms with Crippen molar-refractivity contribution >= 4 is 22.4 Å². The fourth-order valence-electron chi connectivity index (χ4n) is 1.88. The number of nitrogen functional groups attached to an aromatic ring is 1. The number of carbonyl (C=O) groups excluding carboxylic acids is 1. The zero-order valence-corrected chi connectivity index (χ0v) is 11.9. The second-order valence-corrected chi connectivity index (χ2v) is 5.18. The zero-order valence-electron chi connectivity index (χ0n) is 11.1. The molecule has 0 amide bonds. The number of phenolic OH excluding ortho intramolecular Hbond substituents is 1. The average molecular weight is 292 g/mol. The Kier molecular flexibility index (Phi) is 4.57. The number of phenols is 1. The van der Waals surface area contributed by atoms with Crippen molar-refractivity contribution in [2.24, 2.45) is 0 Å². The van der Waals surface area contributed by atoms with Gasteiger partial charge in [-0.25, -0.2) is 4.98 Å². The van der Waals surface area contributed by atoms with Gasteiger partial charge in [0.25, 0.3) is 0 Å². The third-order valence-corrected chi connectivity index (χ3v) is 3.54. The summed E-state index contributed by atoms with van der Waals surface area (Å²) in [6.45, 7) is 2.09. The maximum atomic E-state index is 12.1. The smallest absolute Gasteiger partial charge is 0.315 e. The highest BCUT2D eigenvalue weighted by Crippen LogP contribution is 2.26. The van der Waals surface area contributed by atoms with Crippen LogP contribution in [0.4, 0.5) is 5.13 Å². The summed E-state index contributed by atoms with van der Waals surface area (Å²) in [6, 6.07) is 6.73. The number of carbonyl (C=O) groups is 1. The Hall–Kier alpha value is -2.08. The summed E-state index contributed by atoms with van der Waals surface area (Å²) in [7, 11) is 0. The van der Waals surface area contributed by atoms with Crippen LogP contribution in [-0.4, -0.2) is 22.7 Å². The first-order valence-electron chi connectivity index (χ1n) is 6.25. The fraction of sp³-hybridized carbons (Fsp3) is 0.286. The number of hydrogen-bond acceptors (Lipinski definition) is 6. The SMILES string of the molecule is CCOC(=O)C(Cc1ccc(O)cc1)c1csc(N)n1. The van der Waals surface area contributed by atoms with Crippen LogP contribution in [0.2, 0.25) is 0 Å². The summed E-state index contributed by atoms with van der Waals surface area (Å²) < 4.78 is 5.10. The first kappa shape index (κ1) is 14.3. The molecule has 6 heteroatoms. The van der Waals surface area contributed by atoms with Crippen molar-refractivity contribution in [2.75, 3.05) is 12.3 Å². The molecular weight excluding hydrogens is 276 g/mol. The standard InChI is InChI=1S/C14H16N2O3S/c1-2-19-13(18)11(12-8-20-14(15)16-12)7-9-3-5-10(17)6-4-9/h3-6,8,11,17H,2,7H2,1H3,(H2,15,16). The van der Waals surface area contributed by atoms with Crippen LogP contribution in [0.15, 0.2) is 29.6 Å². The fourth-order valence-corrected chi connectivity index (χ4v) is 2.50. The largest absolute Gasteiger partial charge is 0.508 e. The van der Waals surface area contributed by atoms with E-state index in [1.807, 2.05) is 0 Å². The quantitative estimate of drug-likeness (QED) is 0.826. The van der Waals surface area contributed by atoms with Gasteiger partial charge in [-0.05, 0) is 31.0 Å². The number of hydrogen-bond donors (Lipinski definition) is 2. The number of rotatable bonds is 5. The highest BCUT2D eigenvalue weighted by molar-refractivity contribution is 7.13. The van der Waals surface area contributed by atoms with Crippen LogP contribution in [0, 0.1) is 0 Å². The summed E-state index contributed by atoms with van der Waals surface area (Å²) >= 11 is 1.30. The zero-order chi connectivity index (χ0) is 14.5. The summed E-state index contributed by atoms with van der Waals surface area (Å²) in [5, 5.41) is 11.5. The number of aromatic nitrogens is 1. The molecule has 0 bridgehead atoms. The van der Waals surface area contributed by atoms with Gasteiger partial charge in [0, 0.05) is 5.38 Å². The molecule has 0 spiro atoms. The Morgan fingerprint density at radius 3 is 2.70 bits per heavy atom. The van der Waals surface area contributed by atoms with Crippen molar-refractivity contribution in [3.63, 3.8) is 0 Å². The minimum absolute atomic E-state index is 0.194. The number of ether oxygens (including phenoxy) is 1. The van der Waals surface area contributed by atoms with Gasteiger partial charge < -0.3 is 15.6 Å². The van der Waals surface area contributed by atoms with E-state index in [1.165, 1.54) is 11.3 Å². The van der Waals surface area contributed by atoms with E-state index in [0.29, 0.717) is 23.9 Å². The van der Waals surface area contributed by atoms with E-state index in [1.54, 1.807) is 36.6 Å². The average Bonchev–Trinajstić information content (AvgIpc) is 2.84. The summed E-state index contributed by atoms with van der Waals surface area (Å²) in [5.41, 5.74) is 7.17. The predicted molar refractivity (Wildman–Crippen MR) is 77.7 cm³/mol. The van der Waals surface area contributed by atoms with Crippen LogP contribution in [-0.2, 0) is 16.0 Å². The molecule has 5 nitrogen and oxygen atoms in total. The van der Waals surface area contributed by atoms with E-state index in [2.05, 4.69) is 4.98 Å². The molecular formula is C14H16N2O3S. The van der Waals surface area contributed by atoms with Gasteiger partial charge in [0.15, 0.2) is 5.13 Å². The van der Waals surface area contributed by atoms with Gasteiger partial charge in [-0.15, -0.1) is 11.3 Å². The number of esters is 1. The summed E-state index contributed by atoms with van der Waals surface area (Å²) in [4.78, 5) is 16.3. The van der Waals surface area contributed by atoms with E-state index >= 15 is 0 Å². The van der Waals surface area contributed by atoms with E-state index in [9.17, 15) is 9.90 Å². The molecule has 0 aliphatic rings. The normalized spacial score (nSPS) is 12.1. The van der Waals surface area contributed by atoms with Crippen LogP contribution in [0.3, 0.4) is 0 Å². The van der Waals surface area contributed by atoms with Crippen molar-refractivity contribution in [1.82, 2.24) is 4.98 Å². The third-order valence-electron chi connectivity index (χ3n) is 2.84. The number of benzene rings is 1. The molecule has 1 aromatic carbocycles. The van der Waals surface area contributed by atoms with Gasteiger partial charge in [-0.3, -0.25) is 4.79 Å². The molecule has 0 fully saturated rings. The van der Waals surface area contributed by atoms with Gasteiger partial charge in [-0.1, -0.05) is 12.1 Å². The van der Waals surface area contributed by atoms with E-state index < -0.39 is 5.92 Å². The lowest BCUT2D eigenvalue weighted by molar-refractivity contribution is -0.145. The molecule has 0 radical (unpaired) electrons. The molecule has 0 saturated heterocycles. The number of aromatic hydroxyl groups is 1. The topological polar surface area (TPSA) is 85.4 Å². The van der Waals surface area contributed by atoms with Crippen LogP contribution in [0.5, 0.6) is 5.75 Å². The van der Waals surface area contributed by atoms with Crippen molar-refractivity contribution < 1.29 is 14.6 Å². The highest BCUT2D eigenvalue weighted by atomic mass is 32.1. The maximum absolute atomic E-state index is 12.1. The molecule has 1 aromatic heterocycles. The lowest BCUT2D eigenvalue weighted by atomic mass is 9.97. The van der Waals surface area contributed by atoms with Crippen LogP contribution >= 0.6 is 11.3 Å². The first-order chi connectivity index (χ1) is 9.60. The lowest BCUT2D eigenvalue weighted by Gasteiger charge is -2.13. The van der Waals surface area contributed by atoms with E-state index in [-0.39, 0.29) is 11.7 Å². The molecule has 1 atom stereocenters. The van der Waals surface area contributed by atoms with Crippen molar-refractivity contribution in [3.8, 4) is 5.75 Å². The number of anilines is 1. The second kappa shape index (κ2) is 6.38. The Morgan fingerprint density at radius 2 is 2.15 bits per heavy atom. The molecule has 2 aromatic rings. The predicted octanol–water partition coefficient (Wildman–Crippen LogP) is 2.32. The summed E-state index contributed by atoms with van der Waals surface area (Å²) in [5.74, 6) is -0.599. The molecule has 106 valence electrons. The first-order valence-corrected chi connectivity index (χ1v) is 7.13. The van der Waals surface area contributed by atoms with Crippen molar-refractivity contribution in [3.05, 3.63) is 40.9 Å². The second-order valence-electron chi connectivity index (χ2n) is 4.29. The Balaban J connectivity index is 2.22. The number of nitrogens with two attached hydrogens (primary N) is 1. The number of thiazole rings is 1. The number of nitrogens with zero attached hydrogens (tertiary/aromatic N) is 1. The van der Waals surface area contributed by atoms with Gasteiger partial charge in [-0.2, -0.15) is 0 Å². The molecule has 1 unspecified atom stereocenters. The monoisotopic (exact) mass is 292 g/mol. The molecule has 20 heavy (non-hydrogen) atoms. The van der Waals surface area contributed by atoms with Gasteiger partial charge in [0.1, 0.15) is 11.7 Å². The molecule has 0 aliphatic heterocycles. The van der Waals surface area contributed by atoms with Crippen LogP contribution < -0.4 is 5.73 Å².